The van der Waals surface area contributed by atoms with Crippen LogP contribution < -0.4 is 11.3 Å². The molecule has 3 rings (SSSR count). The number of hydrogen-bond donors (Lipinski definition) is 2. The van der Waals surface area contributed by atoms with Crippen molar-refractivity contribution in [2.45, 2.75) is 9.92 Å². The third kappa shape index (κ3) is 2.55. The number of hydrazine groups is 1. The third-order valence-corrected chi connectivity index (χ3v) is 4.29. The van der Waals surface area contributed by atoms with Gasteiger partial charge in [-0.05, 0) is 18.2 Å². The monoisotopic (exact) mass is 325 g/mol. The summed E-state index contributed by atoms with van der Waals surface area (Å²) in [6.45, 7) is 0. The van der Waals surface area contributed by atoms with E-state index in [-0.39, 0.29) is 0 Å². The predicted molar refractivity (Wildman–Crippen MR) is 81.4 cm³/mol. The zero-order chi connectivity index (χ0) is 14.1. The van der Waals surface area contributed by atoms with Crippen molar-refractivity contribution in [3.8, 4) is 0 Å². The number of imidazole rings is 1. The molecule has 8 heteroatoms. The highest BCUT2D eigenvalue weighted by Gasteiger charge is 2.10. The largest absolute Gasteiger partial charge is 0.307 e. The fraction of sp³-hybridized carbons (Fsp3) is 0. The van der Waals surface area contributed by atoms with Crippen LogP contribution in [0.4, 0.5) is 5.82 Å². The number of anilines is 1. The molecule has 102 valence electrons. The molecule has 5 nitrogen and oxygen atoms in total. The predicted octanol–water partition coefficient (Wildman–Crippen LogP) is 3.47. The number of nitrogen functional groups attached to an aromatic ring is 1. The third-order valence-electron chi connectivity index (χ3n) is 2.60. The number of hydrogen-bond acceptors (Lipinski definition) is 5. The molecular weight excluding hydrogens is 317 g/mol. The smallest absolute Gasteiger partial charge is 0.170 e. The lowest BCUT2D eigenvalue weighted by atomic mass is 10.4. The van der Waals surface area contributed by atoms with Gasteiger partial charge in [0.2, 0.25) is 0 Å². The maximum atomic E-state index is 6.02. The number of benzene rings is 1. The zero-order valence-electron chi connectivity index (χ0n) is 10.0. The molecule has 0 amide bonds. The Morgan fingerprint density at radius 2 is 2.10 bits per heavy atom. The summed E-state index contributed by atoms with van der Waals surface area (Å²) in [4.78, 5) is 9.61. The normalized spacial score (nSPS) is 10.9. The standard InChI is InChI=1S/C12H9Cl2N5S/c13-8-2-1-7(5-9(8)14)20-12-11-16-3-4-19(11)6-10(17-12)18-15/h1-6,18H,15H2. The van der Waals surface area contributed by atoms with Crippen molar-refractivity contribution in [3.05, 3.63) is 46.8 Å². The molecular formula is C12H9Cl2N5S. The molecule has 0 saturated heterocycles. The summed E-state index contributed by atoms with van der Waals surface area (Å²) in [5.74, 6) is 5.98. The lowest BCUT2D eigenvalue weighted by molar-refractivity contribution is 1.02. The van der Waals surface area contributed by atoms with Gasteiger partial charge in [-0.1, -0.05) is 35.0 Å². The van der Waals surface area contributed by atoms with Crippen molar-refractivity contribution in [2.24, 2.45) is 5.84 Å². The van der Waals surface area contributed by atoms with Crippen LogP contribution in [0.15, 0.2) is 46.7 Å². The Hall–Kier alpha value is -1.47. The van der Waals surface area contributed by atoms with E-state index in [9.17, 15) is 0 Å². The van der Waals surface area contributed by atoms with Crippen LogP contribution in [0.5, 0.6) is 0 Å². The number of aromatic nitrogens is 3. The van der Waals surface area contributed by atoms with Gasteiger partial charge in [0, 0.05) is 17.3 Å². The van der Waals surface area contributed by atoms with Gasteiger partial charge in [0.15, 0.2) is 11.5 Å². The first-order chi connectivity index (χ1) is 9.67. The molecule has 0 saturated carbocycles. The Morgan fingerprint density at radius 3 is 2.85 bits per heavy atom. The van der Waals surface area contributed by atoms with E-state index in [0.717, 1.165) is 15.6 Å². The Labute approximate surface area is 129 Å². The second-order valence-corrected chi connectivity index (χ2v) is 5.79. The molecule has 0 fully saturated rings. The first kappa shape index (κ1) is 13.5. The van der Waals surface area contributed by atoms with Crippen LogP contribution in [0.2, 0.25) is 10.0 Å². The molecule has 0 aliphatic rings. The van der Waals surface area contributed by atoms with Gasteiger partial charge in [-0.25, -0.2) is 15.8 Å². The highest BCUT2D eigenvalue weighted by atomic mass is 35.5. The Kier molecular flexibility index (Phi) is 3.71. The summed E-state index contributed by atoms with van der Waals surface area (Å²) in [5, 5.41) is 1.75. The SMILES string of the molecule is NNc1cn2ccnc2c(Sc2ccc(Cl)c(Cl)c2)n1. The van der Waals surface area contributed by atoms with Crippen molar-refractivity contribution >= 4 is 46.4 Å². The Balaban J connectivity index is 2.04. The topological polar surface area (TPSA) is 68.2 Å². The molecule has 1 aromatic carbocycles. The maximum absolute atomic E-state index is 6.02. The van der Waals surface area contributed by atoms with Crippen molar-refractivity contribution < 1.29 is 0 Å². The molecule has 0 atom stereocenters. The van der Waals surface area contributed by atoms with Gasteiger partial charge < -0.3 is 9.83 Å². The van der Waals surface area contributed by atoms with E-state index < -0.39 is 0 Å². The van der Waals surface area contributed by atoms with Gasteiger partial charge in [-0.2, -0.15) is 0 Å². The summed E-state index contributed by atoms with van der Waals surface area (Å²) in [6, 6.07) is 5.42. The first-order valence-corrected chi connectivity index (χ1v) is 7.18. The van der Waals surface area contributed by atoms with Crippen LogP contribution in [0.1, 0.15) is 0 Å². The Bertz CT molecular complexity index is 774. The van der Waals surface area contributed by atoms with E-state index in [1.165, 1.54) is 11.8 Å². The first-order valence-electron chi connectivity index (χ1n) is 5.60. The highest BCUT2D eigenvalue weighted by molar-refractivity contribution is 7.99. The molecule has 0 aliphatic carbocycles. The van der Waals surface area contributed by atoms with E-state index in [1.807, 2.05) is 16.7 Å². The molecule has 2 heterocycles. The fourth-order valence-corrected chi connectivity index (χ4v) is 2.99. The van der Waals surface area contributed by atoms with Gasteiger partial charge in [-0.15, -0.1) is 0 Å². The minimum Gasteiger partial charge on any atom is -0.307 e. The molecule has 0 spiro atoms. The lowest BCUT2D eigenvalue weighted by Gasteiger charge is -2.07. The zero-order valence-corrected chi connectivity index (χ0v) is 12.4. The number of fused-ring (bicyclic) bond motifs is 1. The lowest BCUT2D eigenvalue weighted by Crippen LogP contribution is -2.10. The van der Waals surface area contributed by atoms with Crippen molar-refractivity contribution in [1.82, 2.24) is 14.4 Å². The van der Waals surface area contributed by atoms with E-state index in [0.29, 0.717) is 15.9 Å². The number of nitrogens with one attached hydrogen (secondary N) is 1. The fourth-order valence-electron chi connectivity index (χ4n) is 1.69. The number of rotatable bonds is 3. The second-order valence-electron chi connectivity index (χ2n) is 3.91. The maximum Gasteiger partial charge on any atom is 0.170 e. The van der Waals surface area contributed by atoms with Crippen LogP contribution in [0.25, 0.3) is 5.65 Å². The molecule has 0 radical (unpaired) electrons. The van der Waals surface area contributed by atoms with Crippen LogP contribution in [-0.2, 0) is 0 Å². The molecule has 0 unspecified atom stereocenters. The Morgan fingerprint density at radius 1 is 1.25 bits per heavy atom. The molecule has 3 aromatic rings. The van der Waals surface area contributed by atoms with Gasteiger partial charge >= 0.3 is 0 Å². The van der Waals surface area contributed by atoms with Gasteiger partial charge in [0.05, 0.1) is 16.2 Å². The number of nitrogens with two attached hydrogens (primary N) is 1. The average Bonchev–Trinajstić information content (AvgIpc) is 2.91. The summed E-state index contributed by atoms with van der Waals surface area (Å²) >= 11 is 13.4. The highest BCUT2D eigenvalue weighted by Crippen LogP contribution is 2.33. The molecule has 3 N–H and O–H groups in total. The summed E-state index contributed by atoms with van der Waals surface area (Å²) < 4.78 is 1.85. The van der Waals surface area contributed by atoms with Crippen molar-refractivity contribution in [3.63, 3.8) is 0 Å². The average molecular weight is 326 g/mol. The molecule has 20 heavy (non-hydrogen) atoms. The van der Waals surface area contributed by atoms with Gasteiger partial charge in [0.25, 0.3) is 0 Å². The van der Waals surface area contributed by atoms with Crippen LogP contribution in [-0.4, -0.2) is 14.4 Å². The van der Waals surface area contributed by atoms with Crippen molar-refractivity contribution in [1.29, 1.82) is 0 Å². The van der Waals surface area contributed by atoms with E-state index in [4.69, 9.17) is 29.0 Å². The van der Waals surface area contributed by atoms with E-state index in [1.54, 1.807) is 24.5 Å². The van der Waals surface area contributed by atoms with Crippen molar-refractivity contribution in [2.75, 3.05) is 5.43 Å². The summed E-state index contributed by atoms with van der Waals surface area (Å²) in [6.07, 6.45) is 5.30. The van der Waals surface area contributed by atoms with Gasteiger partial charge in [0.1, 0.15) is 5.03 Å². The summed E-state index contributed by atoms with van der Waals surface area (Å²) in [5.41, 5.74) is 3.29. The van der Waals surface area contributed by atoms with Crippen LogP contribution >= 0.6 is 35.0 Å². The van der Waals surface area contributed by atoms with Crippen LogP contribution in [0, 0.1) is 0 Å². The summed E-state index contributed by atoms with van der Waals surface area (Å²) in [7, 11) is 0. The molecule has 2 aromatic heterocycles. The van der Waals surface area contributed by atoms with Gasteiger partial charge in [-0.3, -0.25) is 0 Å². The van der Waals surface area contributed by atoms with E-state index in [2.05, 4.69) is 15.4 Å². The minimum atomic E-state index is 0.504. The van der Waals surface area contributed by atoms with E-state index >= 15 is 0 Å². The number of halogens is 2. The molecule has 0 aliphatic heterocycles. The minimum absolute atomic E-state index is 0.504. The molecule has 0 bridgehead atoms. The quantitative estimate of drug-likeness (QED) is 0.570. The number of nitrogens with zero attached hydrogens (tertiary/aromatic N) is 3. The second kappa shape index (κ2) is 5.49. The van der Waals surface area contributed by atoms with Crippen LogP contribution in [0.3, 0.4) is 0 Å².